The van der Waals surface area contributed by atoms with Crippen LogP contribution in [-0.4, -0.2) is 23.0 Å². The number of pyridine rings is 1. The number of benzene rings is 1. The van der Waals surface area contributed by atoms with Gasteiger partial charge in [0.25, 0.3) is 0 Å². The molecule has 0 N–H and O–H groups in total. The highest BCUT2D eigenvalue weighted by atomic mass is 15.2. The van der Waals surface area contributed by atoms with Crippen LogP contribution < -0.4 is 0 Å². The van der Waals surface area contributed by atoms with E-state index in [2.05, 4.69) is 53.3 Å². The van der Waals surface area contributed by atoms with Gasteiger partial charge in [-0.05, 0) is 50.0 Å². The van der Waals surface area contributed by atoms with Crippen molar-refractivity contribution in [2.24, 2.45) is 0 Å². The average Bonchev–Trinajstić information content (AvgIpc) is 2.53. The average molecular weight is 268 g/mol. The number of unbranched alkanes of at least 4 members (excludes halogenated alkanes) is 1. The fraction of sp³-hybridized carbons (Fsp3) is 0.500. The Morgan fingerprint density at radius 3 is 3.05 bits per heavy atom. The van der Waals surface area contributed by atoms with Gasteiger partial charge in [-0.2, -0.15) is 0 Å². The molecule has 106 valence electrons. The number of likely N-dealkylation sites (tertiary alicyclic amines) is 1. The summed E-state index contributed by atoms with van der Waals surface area (Å²) >= 11 is 0. The van der Waals surface area contributed by atoms with E-state index in [9.17, 15) is 0 Å². The van der Waals surface area contributed by atoms with Crippen LogP contribution in [-0.2, 0) is 0 Å². The van der Waals surface area contributed by atoms with Gasteiger partial charge in [0.15, 0.2) is 0 Å². The van der Waals surface area contributed by atoms with Crippen molar-refractivity contribution in [3.05, 3.63) is 42.1 Å². The lowest BCUT2D eigenvalue weighted by atomic mass is 9.95. The molecule has 1 aromatic carbocycles. The summed E-state index contributed by atoms with van der Waals surface area (Å²) in [7, 11) is 0. The van der Waals surface area contributed by atoms with Crippen molar-refractivity contribution < 1.29 is 0 Å². The molecule has 2 heteroatoms. The molecular formula is C18H24N2. The SMILES string of the molecule is CCCCN1CCCCC1c1cnc2ccccc2c1. The molecule has 0 saturated carbocycles. The minimum absolute atomic E-state index is 0.576. The number of fused-ring (bicyclic) bond motifs is 1. The Kier molecular flexibility index (Phi) is 4.31. The van der Waals surface area contributed by atoms with Gasteiger partial charge in [-0.3, -0.25) is 9.88 Å². The monoisotopic (exact) mass is 268 g/mol. The first-order valence-corrected chi connectivity index (χ1v) is 7.97. The van der Waals surface area contributed by atoms with Gasteiger partial charge < -0.3 is 0 Å². The van der Waals surface area contributed by atoms with Crippen LogP contribution in [0.2, 0.25) is 0 Å². The van der Waals surface area contributed by atoms with Gasteiger partial charge in [0.05, 0.1) is 5.52 Å². The van der Waals surface area contributed by atoms with E-state index in [1.165, 1.54) is 56.1 Å². The summed E-state index contributed by atoms with van der Waals surface area (Å²) in [6.07, 6.45) is 8.65. The molecule has 1 fully saturated rings. The highest BCUT2D eigenvalue weighted by molar-refractivity contribution is 5.78. The Morgan fingerprint density at radius 2 is 2.15 bits per heavy atom. The lowest BCUT2D eigenvalue weighted by Crippen LogP contribution is -2.34. The van der Waals surface area contributed by atoms with E-state index in [0.717, 1.165) is 5.52 Å². The van der Waals surface area contributed by atoms with Crippen LogP contribution in [0.3, 0.4) is 0 Å². The molecule has 0 amide bonds. The second-order valence-electron chi connectivity index (χ2n) is 5.86. The fourth-order valence-corrected chi connectivity index (χ4v) is 3.27. The van der Waals surface area contributed by atoms with Crippen molar-refractivity contribution in [3.63, 3.8) is 0 Å². The van der Waals surface area contributed by atoms with Crippen molar-refractivity contribution in [2.75, 3.05) is 13.1 Å². The number of piperidine rings is 1. The molecule has 20 heavy (non-hydrogen) atoms. The number of aromatic nitrogens is 1. The summed E-state index contributed by atoms with van der Waals surface area (Å²) in [5, 5.41) is 1.27. The number of rotatable bonds is 4. The molecular weight excluding hydrogens is 244 g/mol. The van der Waals surface area contributed by atoms with E-state index in [0.29, 0.717) is 6.04 Å². The summed E-state index contributed by atoms with van der Waals surface area (Å²) in [6, 6.07) is 11.3. The summed E-state index contributed by atoms with van der Waals surface area (Å²) in [6.45, 7) is 4.75. The van der Waals surface area contributed by atoms with Gasteiger partial charge in [0.2, 0.25) is 0 Å². The molecule has 2 aromatic rings. The van der Waals surface area contributed by atoms with E-state index in [4.69, 9.17) is 0 Å². The van der Waals surface area contributed by atoms with Crippen molar-refractivity contribution >= 4 is 10.9 Å². The van der Waals surface area contributed by atoms with Crippen LogP contribution in [0.25, 0.3) is 10.9 Å². The molecule has 0 aliphatic carbocycles. The molecule has 3 rings (SSSR count). The standard InChI is InChI=1S/C18H24N2/c1-2-3-11-20-12-7-6-10-18(20)16-13-15-8-4-5-9-17(15)19-14-16/h4-5,8-9,13-14,18H,2-3,6-7,10-12H2,1H3. The highest BCUT2D eigenvalue weighted by Crippen LogP contribution is 2.31. The smallest absolute Gasteiger partial charge is 0.0702 e. The molecule has 1 unspecified atom stereocenters. The number of hydrogen-bond donors (Lipinski definition) is 0. The van der Waals surface area contributed by atoms with Crippen LogP contribution in [0, 0.1) is 0 Å². The molecule has 1 atom stereocenters. The zero-order valence-electron chi connectivity index (χ0n) is 12.4. The number of para-hydroxylation sites is 1. The van der Waals surface area contributed by atoms with E-state index in [1.807, 2.05) is 0 Å². The predicted octanol–water partition coefficient (Wildman–Crippen LogP) is 4.56. The third-order valence-corrected chi connectivity index (χ3v) is 4.41. The van der Waals surface area contributed by atoms with Crippen LogP contribution in [0.1, 0.15) is 50.6 Å². The Balaban J connectivity index is 1.86. The second kappa shape index (κ2) is 6.36. The highest BCUT2D eigenvalue weighted by Gasteiger charge is 2.23. The first kappa shape index (κ1) is 13.6. The van der Waals surface area contributed by atoms with E-state index in [1.54, 1.807) is 0 Å². The lowest BCUT2D eigenvalue weighted by Gasteiger charge is -2.36. The van der Waals surface area contributed by atoms with Gasteiger partial charge in [-0.15, -0.1) is 0 Å². The summed E-state index contributed by atoms with van der Waals surface area (Å²) in [5.74, 6) is 0. The van der Waals surface area contributed by atoms with Gasteiger partial charge >= 0.3 is 0 Å². The molecule has 1 aliphatic rings. The van der Waals surface area contributed by atoms with Crippen LogP contribution in [0.15, 0.2) is 36.5 Å². The molecule has 0 spiro atoms. The quantitative estimate of drug-likeness (QED) is 0.808. The maximum atomic E-state index is 4.64. The molecule has 2 heterocycles. The van der Waals surface area contributed by atoms with E-state index >= 15 is 0 Å². The van der Waals surface area contributed by atoms with Gasteiger partial charge in [0, 0.05) is 17.6 Å². The van der Waals surface area contributed by atoms with Gasteiger partial charge in [-0.25, -0.2) is 0 Å². The zero-order chi connectivity index (χ0) is 13.8. The molecule has 2 nitrogen and oxygen atoms in total. The maximum absolute atomic E-state index is 4.64. The normalized spacial score (nSPS) is 20.4. The van der Waals surface area contributed by atoms with Crippen molar-refractivity contribution in [2.45, 2.75) is 45.1 Å². The van der Waals surface area contributed by atoms with Crippen LogP contribution in [0.4, 0.5) is 0 Å². The Hall–Kier alpha value is -1.41. The first-order chi connectivity index (χ1) is 9.88. The second-order valence-corrected chi connectivity index (χ2v) is 5.86. The first-order valence-electron chi connectivity index (χ1n) is 7.97. The molecule has 0 bridgehead atoms. The van der Waals surface area contributed by atoms with Crippen molar-refractivity contribution in [3.8, 4) is 0 Å². The molecule has 0 radical (unpaired) electrons. The minimum atomic E-state index is 0.576. The molecule has 1 saturated heterocycles. The summed E-state index contributed by atoms with van der Waals surface area (Å²) in [4.78, 5) is 7.31. The van der Waals surface area contributed by atoms with Crippen LogP contribution in [0.5, 0.6) is 0 Å². The number of hydrogen-bond acceptors (Lipinski definition) is 2. The summed E-state index contributed by atoms with van der Waals surface area (Å²) in [5.41, 5.74) is 2.51. The van der Waals surface area contributed by atoms with Crippen molar-refractivity contribution in [1.29, 1.82) is 0 Å². The molecule has 1 aliphatic heterocycles. The Bertz CT molecular complexity index is 564. The maximum Gasteiger partial charge on any atom is 0.0702 e. The van der Waals surface area contributed by atoms with E-state index in [-0.39, 0.29) is 0 Å². The van der Waals surface area contributed by atoms with Crippen molar-refractivity contribution in [1.82, 2.24) is 9.88 Å². The topological polar surface area (TPSA) is 16.1 Å². The largest absolute Gasteiger partial charge is 0.296 e. The number of nitrogens with zero attached hydrogens (tertiary/aromatic N) is 2. The zero-order valence-corrected chi connectivity index (χ0v) is 12.4. The summed E-state index contributed by atoms with van der Waals surface area (Å²) < 4.78 is 0. The Morgan fingerprint density at radius 1 is 1.25 bits per heavy atom. The van der Waals surface area contributed by atoms with Gasteiger partial charge in [0.1, 0.15) is 0 Å². The fourth-order valence-electron chi connectivity index (χ4n) is 3.27. The van der Waals surface area contributed by atoms with Crippen LogP contribution >= 0.6 is 0 Å². The van der Waals surface area contributed by atoms with E-state index < -0.39 is 0 Å². The Labute approximate surface area is 121 Å². The predicted molar refractivity (Wildman–Crippen MR) is 84.8 cm³/mol. The minimum Gasteiger partial charge on any atom is -0.296 e. The lowest BCUT2D eigenvalue weighted by molar-refractivity contribution is 0.146. The third kappa shape index (κ3) is 2.85. The molecule has 1 aromatic heterocycles. The third-order valence-electron chi connectivity index (χ3n) is 4.41. The van der Waals surface area contributed by atoms with Gasteiger partial charge in [-0.1, -0.05) is 38.0 Å².